The van der Waals surface area contributed by atoms with Gasteiger partial charge in [-0.3, -0.25) is 0 Å². The fourth-order valence-electron chi connectivity index (χ4n) is 1.94. The van der Waals surface area contributed by atoms with Crippen LogP contribution in [0.25, 0.3) is 0 Å². The SMILES string of the molecule is CC1(NCc2ccc(F)cc2Cl)CCNC1. The molecule has 4 heteroatoms. The second kappa shape index (κ2) is 4.70. The first-order valence-electron chi connectivity index (χ1n) is 5.49. The molecule has 1 aromatic rings. The maximum absolute atomic E-state index is 12.8. The first-order valence-corrected chi connectivity index (χ1v) is 5.87. The van der Waals surface area contributed by atoms with Gasteiger partial charge in [-0.05, 0) is 37.6 Å². The molecule has 1 aliphatic heterocycles. The number of rotatable bonds is 3. The maximum atomic E-state index is 12.8. The summed E-state index contributed by atoms with van der Waals surface area (Å²) in [5.41, 5.74) is 1.06. The van der Waals surface area contributed by atoms with Gasteiger partial charge in [-0.2, -0.15) is 0 Å². The van der Waals surface area contributed by atoms with E-state index in [-0.39, 0.29) is 11.4 Å². The number of hydrogen-bond donors (Lipinski definition) is 2. The van der Waals surface area contributed by atoms with Crippen molar-refractivity contribution < 1.29 is 4.39 Å². The molecule has 0 bridgehead atoms. The van der Waals surface area contributed by atoms with Crippen LogP contribution in [-0.4, -0.2) is 18.6 Å². The van der Waals surface area contributed by atoms with Gasteiger partial charge in [0.15, 0.2) is 0 Å². The Kier molecular flexibility index (Phi) is 3.47. The number of hydrogen-bond acceptors (Lipinski definition) is 2. The molecule has 2 rings (SSSR count). The lowest BCUT2D eigenvalue weighted by atomic mass is 10.0. The monoisotopic (exact) mass is 242 g/mol. The van der Waals surface area contributed by atoms with E-state index in [0.717, 1.165) is 25.1 Å². The van der Waals surface area contributed by atoms with Gasteiger partial charge in [0.05, 0.1) is 0 Å². The highest BCUT2D eigenvalue weighted by Gasteiger charge is 2.27. The van der Waals surface area contributed by atoms with Crippen molar-refractivity contribution in [2.24, 2.45) is 0 Å². The summed E-state index contributed by atoms with van der Waals surface area (Å²) in [6.07, 6.45) is 1.10. The molecule has 1 unspecified atom stereocenters. The van der Waals surface area contributed by atoms with Crippen LogP contribution in [0, 0.1) is 5.82 Å². The van der Waals surface area contributed by atoms with Crippen LogP contribution in [-0.2, 0) is 6.54 Å². The van der Waals surface area contributed by atoms with Crippen LogP contribution in [0.1, 0.15) is 18.9 Å². The van der Waals surface area contributed by atoms with Gasteiger partial charge in [0.2, 0.25) is 0 Å². The van der Waals surface area contributed by atoms with Crippen molar-refractivity contribution in [1.82, 2.24) is 10.6 Å². The van der Waals surface area contributed by atoms with E-state index in [4.69, 9.17) is 11.6 Å². The predicted molar refractivity (Wildman–Crippen MR) is 64.1 cm³/mol. The lowest BCUT2D eigenvalue weighted by Gasteiger charge is -2.24. The fraction of sp³-hybridized carbons (Fsp3) is 0.500. The molecule has 1 heterocycles. The summed E-state index contributed by atoms with van der Waals surface area (Å²) in [6.45, 7) is 4.87. The van der Waals surface area contributed by atoms with Gasteiger partial charge in [-0.1, -0.05) is 17.7 Å². The van der Waals surface area contributed by atoms with Crippen molar-refractivity contribution in [1.29, 1.82) is 0 Å². The van der Waals surface area contributed by atoms with E-state index < -0.39 is 0 Å². The van der Waals surface area contributed by atoms with Crippen molar-refractivity contribution in [3.05, 3.63) is 34.6 Å². The minimum Gasteiger partial charge on any atom is -0.315 e. The molecular weight excluding hydrogens is 227 g/mol. The van der Waals surface area contributed by atoms with Gasteiger partial charge in [0.1, 0.15) is 5.82 Å². The van der Waals surface area contributed by atoms with E-state index >= 15 is 0 Å². The summed E-state index contributed by atoms with van der Waals surface area (Å²) in [6, 6.07) is 4.53. The van der Waals surface area contributed by atoms with Gasteiger partial charge >= 0.3 is 0 Å². The molecule has 0 aliphatic carbocycles. The van der Waals surface area contributed by atoms with Crippen molar-refractivity contribution in [2.75, 3.05) is 13.1 Å². The van der Waals surface area contributed by atoms with Crippen LogP contribution in [0.5, 0.6) is 0 Å². The molecule has 2 nitrogen and oxygen atoms in total. The van der Waals surface area contributed by atoms with Crippen molar-refractivity contribution in [3.8, 4) is 0 Å². The van der Waals surface area contributed by atoms with Crippen LogP contribution in [0.15, 0.2) is 18.2 Å². The van der Waals surface area contributed by atoms with Crippen LogP contribution < -0.4 is 10.6 Å². The first kappa shape index (κ1) is 11.8. The largest absolute Gasteiger partial charge is 0.315 e. The Labute approximate surface area is 100 Å². The van der Waals surface area contributed by atoms with Crippen LogP contribution in [0.2, 0.25) is 5.02 Å². The molecule has 0 aromatic heterocycles. The van der Waals surface area contributed by atoms with Gasteiger partial charge in [-0.15, -0.1) is 0 Å². The van der Waals surface area contributed by atoms with E-state index in [1.807, 2.05) is 0 Å². The van der Waals surface area contributed by atoms with E-state index in [2.05, 4.69) is 17.6 Å². The lowest BCUT2D eigenvalue weighted by Crippen LogP contribution is -2.43. The third-order valence-electron chi connectivity index (χ3n) is 3.09. The molecule has 1 aromatic carbocycles. The lowest BCUT2D eigenvalue weighted by molar-refractivity contribution is 0.385. The summed E-state index contributed by atoms with van der Waals surface area (Å²) in [4.78, 5) is 0. The van der Waals surface area contributed by atoms with Gasteiger partial charge in [0.25, 0.3) is 0 Å². The second-order valence-electron chi connectivity index (χ2n) is 4.58. The van der Waals surface area contributed by atoms with Crippen molar-refractivity contribution in [2.45, 2.75) is 25.4 Å². The predicted octanol–water partition coefficient (Wildman–Crippen LogP) is 2.32. The number of benzene rings is 1. The molecule has 2 N–H and O–H groups in total. The van der Waals surface area contributed by atoms with E-state index in [1.165, 1.54) is 12.1 Å². The maximum Gasteiger partial charge on any atom is 0.124 e. The molecule has 88 valence electrons. The van der Waals surface area contributed by atoms with Crippen LogP contribution in [0.3, 0.4) is 0 Å². The second-order valence-corrected chi connectivity index (χ2v) is 4.98. The summed E-state index contributed by atoms with van der Waals surface area (Å²) >= 11 is 5.96. The van der Waals surface area contributed by atoms with E-state index in [9.17, 15) is 4.39 Å². The van der Waals surface area contributed by atoms with Crippen LogP contribution >= 0.6 is 11.6 Å². The Morgan fingerprint density at radius 3 is 3.00 bits per heavy atom. The van der Waals surface area contributed by atoms with E-state index in [0.29, 0.717) is 11.6 Å². The summed E-state index contributed by atoms with van der Waals surface area (Å²) in [5, 5.41) is 7.27. The van der Waals surface area contributed by atoms with Crippen molar-refractivity contribution >= 4 is 11.6 Å². The molecule has 0 amide bonds. The van der Waals surface area contributed by atoms with Gasteiger partial charge in [-0.25, -0.2) is 4.39 Å². The van der Waals surface area contributed by atoms with Crippen molar-refractivity contribution in [3.63, 3.8) is 0 Å². The molecular formula is C12H16ClFN2. The summed E-state index contributed by atoms with van der Waals surface area (Å²) in [5.74, 6) is -0.289. The minimum atomic E-state index is -0.289. The summed E-state index contributed by atoms with van der Waals surface area (Å²) < 4.78 is 12.8. The highest BCUT2D eigenvalue weighted by atomic mass is 35.5. The Hall–Kier alpha value is -0.640. The fourth-order valence-corrected chi connectivity index (χ4v) is 2.18. The van der Waals surface area contributed by atoms with Gasteiger partial charge in [0, 0.05) is 23.7 Å². The molecule has 1 saturated heterocycles. The zero-order valence-electron chi connectivity index (χ0n) is 9.32. The summed E-state index contributed by atoms with van der Waals surface area (Å²) in [7, 11) is 0. The zero-order valence-corrected chi connectivity index (χ0v) is 10.1. The zero-order chi connectivity index (χ0) is 11.6. The normalized spacial score (nSPS) is 24.9. The Bertz CT molecular complexity index is 375. The molecule has 0 radical (unpaired) electrons. The highest BCUT2D eigenvalue weighted by Crippen LogP contribution is 2.19. The molecule has 16 heavy (non-hydrogen) atoms. The quantitative estimate of drug-likeness (QED) is 0.850. The van der Waals surface area contributed by atoms with E-state index in [1.54, 1.807) is 6.07 Å². The number of halogens is 2. The van der Waals surface area contributed by atoms with Crippen LogP contribution in [0.4, 0.5) is 4.39 Å². The topological polar surface area (TPSA) is 24.1 Å². The number of nitrogens with one attached hydrogen (secondary N) is 2. The smallest absolute Gasteiger partial charge is 0.124 e. The van der Waals surface area contributed by atoms with Gasteiger partial charge < -0.3 is 10.6 Å². The molecule has 1 fully saturated rings. The third-order valence-corrected chi connectivity index (χ3v) is 3.44. The Morgan fingerprint density at radius 1 is 1.56 bits per heavy atom. The molecule has 0 saturated carbocycles. The minimum absolute atomic E-state index is 0.123. The Balaban J connectivity index is 1.99. The Morgan fingerprint density at radius 2 is 2.38 bits per heavy atom. The molecule has 0 spiro atoms. The average Bonchev–Trinajstić information content (AvgIpc) is 2.64. The third kappa shape index (κ3) is 2.73. The first-order chi connectivity index (χ1) is 7.59. The molecule has 1 atom stereocenters. The average molecular weight is 243 g/mol. The standard InChI is InChI=1S/C12H16ClFN2/c1-12(4-5-15-8-12)16-7-9-2-3-10(14)6-11(9)13/h2-3,6,15-16H,4-5,7-8H2,1H3. The highest BCUT2D eigenvalue weighted by molar-refractivity contribution is 6.31. The molecule has 1 aliphatic rings.